The lowest BCUT2D eigenvalue weighted by atomic mass is 10.1. The fourth-order valence-corrected chi connectivity index (χ4v) is 3.03. The van der Waals surface area contributed by atoms with Gasteiger partial charge in [0.25, 0.3) is 12.4 Å². The third kappa shape index (κ3) is 5.86. The Bertz CT molecular complexity index is 601. The Morgan fingerprint density at radius 2 is 1.96 bits per heavy atom. The molecule has 0 saturated carbocycles. The van der Waals surface area contributed by atoms with E-state index < -0.39 is 0 Å². The van der Waals surface area contributed by atoms with Crippen molar-refractivity contribution in [2.45, 2.75) is 38.3 Å². The van der Waals surface area contributed by atoms with Crippen LogP contribution in [-0.2, 0) is 16.6 Å². The first kappa shape index (κ1) is 20.6. The van der Waals surface area contributed by atoms with E-state index in [1.165, 1.54) is 0 Å². The number of nitrogens with zero attached hydrogens (tertiary/aromatic N) is 3. The minimum Gasteiger partial charge on any atom is -0.483 e. The van der Waals surface area contributed by atoms with Gasteiger partial charge in [-0.2, -0.15) is 5.10 Å². The molecule has 2 atom stereocenters. The van der Waals surface area contributed by atoms with Crippen LogP contribution in [0.25, 0.3) is 0 Å². The number of hydrogen-bond donors (Lipinski definition) is 3. The van der Waals surface area contributed by atoms with Crippen molar-refractivity contribution in [3.63, 3.8) is 0 Å². The lowest BCUT2D eigenvalue weighted by Crippen LogP contribution is -2.42. The quantitative estimate of drug-likeness (QED) is 0.629. The number of aryl methyl sites for hydroxylation is 2. The van der Waals surface area contributed by atoms with E-state index in [1.54, 1.807) is 25.0 Å². The van der Waals surface area contributed by atoms with Crippen molar-refractivity contribution >= 4 is 18.3 Å². The summed E-state index contributed by atoms with van der Waals surface area (Å²) in [5.41, 5.74) is 1.35. The molecule has 0 radical (unpaired) electrons. The topological polar surface area (TPSA) is 117 Å². The second-order valence-electron chi connectivity index (χ2n) is 6.05. The number of rotatable bonds is 5. The van der Waals surface area contributed by atoms with E-state index in [0.29, 0.717) is 18.5 Å². The van der Waals surface area contributed by atoms with E-state index in [4.69, 9.17) is 9.90 Å². The maximum atomic E-state index is 12.2. The third-order valence-corrected chi connectivity index (χ3v) is 4.44. The third-order valence-electron chi connectivity index (χ3n) is 4.44. The first-order valence-corrected chi connectivity index (χ1v) is 8.12. The molecule has 2 rings (SSSR count). The highest BCUT2D eigenvalue weighted by atomic mass is 16.3. The van der Waals surface area contributed by atoms with Crippen LogP contribution in [0.3, 0.4) is 0 Å². The zero-order chi connectivity index (χ0) is 19.0. The number of carboxylic acid groups (broad SMARTS) is 1. The number of aromatic nitrogens is 2. The fraction of sp³-hybridized carbons (Fsp3) is 0.625. The highest BCUT2D eigenvalue weighted by molar-refractivity contribution is 5.95. The second-order valence-corrected chi connectivity index (χ2v) is 6.05. The van der Waals surface area contributed by atoms with E-state index in [2.05, 4.69) is 20.6 Å². The van der Waals surface area contributed by atoms with Crippen LogP contribution in [0, 0.1) is 6.92 Å². The number of carbonyl (C=O) groups excluding carboxylic acids is 2. The maximum absolute atomic E-state index is 12.2. The summed E-state index contributed by atoms with van der Waals surface area (Å²) in [5.74, 6) is -0.0266. The summed E-state index contributed by atoms with van der Waals surface area (Å²) in [7, 11) is 5.48. The van der Waals surface area contributed by atoms with Crippen LogP contribution in [-0.4, -0.2) is 70.8 Å². The van der Waals surface area contributed by atoms with Crippen LogP contribution in [0.5, 0.6) is 0 Å². The first-order valence-electron chi connectivity index (χ1n) is 8.12. The van der Waals surface area contributed by atoms with Gasteiger partial charge in [0.15, 0.2) is 0 Å². The normalized spacial score (nSPS) is 19.7. The number of likely N-dealkylation sites (tertiary alicyclic amines) is 1. The molecule has 0 aromatic carbocycles. The summed E-state index contributed by atoms with van der Waals surface area (Å²) >= 11 is 0. The molecule has 3 N–H and O–H groups in total. The molecule has 0 aliphatic carbocycles. The van der Waals surface area contributed by atoms with E-state index in [9.17, 15) is 9.59 Å². The van der Waals surface area contributed by atoms with E-state index in [1.807, 2.05) is 14.0 Å². The molecule has 9 nitrogen and oxygen atoms in total. The van der Waals surface area contributed by atoms with Crippen molar-refractivity contribution in [2.24, 2.45) is 7.05 Å². The molecule has 0 unspecified atom stereocenters. The molecule has 1 saturated heterocycles. The Labute approximate surface area is 147 Å². The van der Waals surface area contributed by atoms with Crippen molar-refractivity contribution in [1.29, 1.82) is 0 Å². The van der Waals surface area contributed by atoms with E-state index in [0.717, 1.165) is 18.5 Å². The summed E-state index contributed by atoms with van der Waals surface area (Å²) < 4.78 is 1.64. The smallest absolute Gasteiger partial charge is 0.290 e. The van der Waals surface area contributed by atoms with Gasteiger partial charge in [-0.15, -0.1) is 0 Å². The SMILES string of the molecule is CNC(=O)C[C@H]1CC[C@@H](CNC(=O)c2cn(C)nc2C)N1C.O=CO. The summed E-state index contributed by atoms with van der Waals surface area (Å²) in [4.78, 5) is 34.3. The molecule has 9 heteroatoms. The molecule has 0 spiro atoms. The Kier molecular flexibility index (Phi) is 8.06. The minimum atomic E-state index is -0.250. The minimum absolute atomic E-state index is 0.0625. The predicted molar refractivity (Wildman–Crippen MR) is 92.2 cm³/mol. The van der Waals surface area contributed by atoms with Gasteiger partial charge in [0.2, 0.25) is 5.91 Å². The highest BCUT2D eigenvalue weighted by Crippen LogP contribution is 2.24. The van der Waals surface area contributed by atoms with Gasteiger partial charge >= 0.3 is 0 Å². The van der Waals surface area contributed by atoms with Crippen molar-refractivity contribution in [3.8, 4) is 0 Å². The number of likely N-dealkylation sites (N-methyl/N-ethyl adjacent to an activating group) is 1. The van der Waals surface area contributed by atoms with Crippen LogP contribution in [0.1, 0.15) is 35.3 Å². The molecule has 2 heterocycles. The van der Waals surface area contributed by atoms with Gasteiger partial charge in [0, 0.05) is 45.3 Å². The van der Waals surface area contributed by atoms with Crippen molar-refractivity contribution in [1.82, 2.24) is 25.3 Å². The summed E-state index contributed by atoms with van der Waals surface area (Å²) in [5, 5.41) is 16.7. The summed E-state index contributed by atoms with van der Waals surface area (Å²) in [6.07, 6.45) is 4.22. The zero-order valence-electron chi connectivity index (χ0n) is 15.2. The molecule has 0 bridgehead atoms. The fourth-order valence-electron chi connectivity index (χ4n) is 3.03. The molecule has 1 aliphatic rings. The Morgan fingerprint density at radius 3 is 2.48 bits per heavy atom. The lowest BCUT2D eigenvalue weighted by molar-refractivity contribution is -0.123. The van der Waals surface area contributed by atoms with Gasteiger partial charge in [0.05, 0.1) is 11.3 Å². The van der Waals surface area contributed by atoms with Gasteiger partial charge < -0.3 is 15.7 Å². The largest absolute Gasteiger partial charge is 0.483 e. The lowest BCUT2D eigenvalue weighted by Gasteiger charge is -2.25. The van der Waals surface area contributed by atoms with Crippen LogP contribution < -0.4 is 10.6 Å². The average molecular weight is 353 g/mol. The molecular formula is C16H27N5O4. The van der Waals surface area contributed by atoms with E-state index in [-0.39, 0.29) is 30.4 Å². The molecule has 25 heavy (non-hydrogen) atoms. The summed E-state index contributed by atoms with van der Waals surface area (Å²) in [6.45, 7) is 2.17. The van der Waals surface area contributed by atoms with Crippen molar-refractivity contribution in [3.05, 3.63) is 17.5 Å². The van der Waals surface area contributed by atoms with Gasteiger partial charge in [-0.3, -0.25) is 24.0 Å². The van der Waals surface area contributed by atoms with Gasteiger partial charge in [-0.1, -0.05) is 0 Å². The van der Waals surface area contributed by atoms with Crippen LogP contribution in [0.4, 0.5) is 0 Å². The number of carbonyl (C=O) groups is 3. The van der Waals surface area contributed by atoms with Gasteiger partial charge in [-0.05, 0) is 26.8 Å². The Balaban J connectivity index is 0.000000970. The standard InChI is InChI=1S/C15H25N5O2.CH2O2/c1-10-13(9-19(3)18-10)15(22)17-8-12-6-5-11(20(12)4)7-14(21)16-2;2-1-3/h9,11-12H,5-8H2,1-4H3,(H,16,21)(H,17,22);1H,(H,2,3)/t11-,12+;/m1./s1. The van der Waals surface area contributed by atoms with Crippen molar-refractivity contribution in [2.75, 3.05) is 20.6 Å². The van der Waals surface area contributed by atoms with Gasteiger partial charge in [0.1, 0.15) is 0 Å². The Morgan fingerprint density at radius 1 is 1.36 bits per heavy atom. The molecule has 1 aromatic rings. The number of hydrogen-bond acceptors (Lipinski definition) is 5. The first-order chi connectivity index (χ1) is 11.8. The Hall–Kier alpha value is -2.42. The highest BCUT2D eigenvalue weighted by Gasteiger charge is 2.31. The molecule has 140 valence electrons. The number of amides is 2. The monoisotopic (exact) mass is 353 g/mol. The van der Waals surface area contributed by atoms with E-state index >= 15 is 0 Å². The predicted octanol–water partition coefficient (Wildman–Crippen LogP) is -0.242. The van der Waals surface area contributed by atoms with Crippen LogP contribution >= 0.6 is 0 Å². The molecule has 2 amide bonds. The maximum Gasteiger partial charge on any atom is 0.290 e. The zero-order valence-corrected chi connectivity index (χ0v) is 15.2. The number of nitrogens with one attached hydrogen (secondary N) is 2. The molecule has 1 aliphatic heterocycles. The van der Waals surface area contributed by atoms with Gasteiger partial charge in [-0.25, -0.2) is 0 Å². The molecular weight excluding hydrogens is 326 g/mol. The molecule has 1 aromatic heterocycles. The average Bonchev–Trinajstić information content (AvgIpc) is 3.08. The van der Waals surface area contributed by atoms with Crippen molar-refractivity contribution < 1.29 is 19.5 Å². The second kappa shape index (κ2) is 9.77. The molecule has 1 fully saturated rings. The van der Waals surface area contributed by atoms with Crippen LogP contribution in [0.15, 0.2) is 6.20 Å². The summed E-state index contributed by atoms with van der Waals surface area (Å²) in [6, 6.07) is 0.526. The van der Waals surface area contributed by atoms with Crippen LogP contribution in [0.2, 0.25) is 0 Å².